The van der Waals surface area contributed by atoms with E-state index in [-0.39, 0.29) is 0 Å². The Kier molecular flexibility index (Phi) is 4.36. The van der Waals surface area contributed by atoms with Crippen LogP contribution in [0.5, 0.6) is 0 Å². The zero-order valence-corrected chi connectivity index (χ0v) is 10.9. The average molecular weight is 263 g/mol. The number of nitrogens with zero attached hydrogens (tertiary/aromatic N) is 2. The first-order chi connectivity index (χ1) is 8.78. The highest BCUT2D eigenvalue weighted by Gasteiger charge is 1.99. The highest BCUT2D eigenvalue weighted by Crippen LogP contribution is 2.19. The molecular formula is C13H15ClN4. The van der Waals surface area contributed by atoms with Crippen LogP contribution >= 0.6 is 11.6 Å². The van der Waals surface area contributed by atoms with E-state index in [0.717, 1.165) is 24.5 Å². The van der Waals surface area contributed by atoms with Gasteiger partial charge in [0.15, 0.2) is 0 Å². The number of nitrogens with one attached hydrogen (secondary N) is 2. The third-order valence-electron chi connectivity index (χ3n) is 2.29. The molecule has 0 atom stereocenters. The molecule has 4 nitrogen and oxygen atoms in total. The van der Waals surface area contributed by atoms with Crippen molar-refractivity contribution < 1.29 is 0 Å². The molecule has 0 aliphatic carbocycles. The number of rotatable bonds is 5. The first kappa shape index (κ1) is 12.6. The molecule has 0 spiro atoms. The van der Waals surface area contributed by atoms with Gasteiger partial charge in [0.05, 0.1) is 0 Å². The quantitative estimate of drug-likeness (QED) is 0.863. The Bertz CT molecular complexity index is 516. The van der Waals surface area contributed by atoms with Gasteiger partial charge >= 0.3 is 0 Å². The van der Waals surface area contributed by atoms with E-state index in [2.05, 4.69) is 27.5 Å². The van der Waals surface area contributed by atoms with Gasteiger partial charge in [-0.2, -0.15) is 4.98 Å². The monoisotopic (exact) mass is 262 g/mol. The summed E-state index contributed by atoms with van der Waals surface area (Å²) < 4.78 is 0. The van der Waals surface area contributed by atoms with Crippen LogP contribution in [0.2, 0.25) is 5.02 Å². The van der Waals surface area contributed by atoms with Crippen LogP contribution in [-0.2, 0) is 0 Å². The summed E-state index contributed by atoms with van der Waals surface area (Å²) in [6, 6.07) is 9.33. The van der Waals surface area contributed by atoms with Crippen molar-refractivity contribution in [3.8, 4) is 0 Å². The van der Waals surface area contributed by atoms with Crippen molar-refractivity contribution in [2.24, 2.45) is 0 Å². The number of hydrogen-bond donors (Lipinski definition) is 2. The molecule has 0 saturated carbocycles. The molecule has 0 unspecified atom stereocenters. The van der Waals surface area contributed by atoms with Gasteiger partial charge in [-0.3, -0.25) is 0 Å². The Morgan fingerprint density at radius 1 is 1.28 bits per heavy atom. The highest BCUT2D eigenvalue weighted by atomic mass is 35.5. The van der Waals surface area contributed by atoms with Crippen molar-refractivity contribution >= 4 is 29.1 Å². The zero-order valence-electron chi connectivity index (χ0n) is 10.2. The van der Waals surface area contributed by atoms with E-state index in [1.807, 2.05) is 30.3 Å². The Morgan fingerprint density at radius 3 is 2.94 bits per heavy atom. The molecule has 2 rings (SSSR count). The smallest absolute Gasteiger partial charge is 0.224 e. The molecule has 0 aliphatic rings. The highest BCUT2D eigenvalue weighted by molar-refractivity contribution is 6.30. The molecule has 0 amide bonds. The minimum Gasteiger partial charge on any atom is -0.354 e. The molecule has 1 aromatic carbocycles. The van der Waals surface area contributed by atoms with Crippen molar-refractivity contribution in [2.75, 3.05) is 17.2 Å². The molecule has 2 aromatic rings. The van der Waals surface area contributed by atoms with Crippen molar-refractivity contribution in [3.63, 3.8) is 0 Å². The maximum absolute atomic E-state index is 5.93. The summed E-state index contributed by atoms with van der Waals surface area (Å²) in [6.07, 6.45) is 2.76. The van der Waals surface area contributed by atoms with Crippen LogP contribution in [-0.4, -0.2) is 16.5 Å². The second-order valence-corrected chi connectivity index (χ2v) is 4.26. The van der Waals surface area contributed by atoms with Gasteiger partial charge in [-0.05, 0) is 30.7 Å². The molecule has 1 aromatic heterocycles. The lowest BCUT2D eigenvalue weighted by atomic mass is 10.3. The second kappa shape index (κ2) is 6.21. The lowest BCUT2D eigenvalue weighted by Gasteiger charge is -2.08. The summed E-state index contributed by atoms with van der Waals surface area (Å²) in [5.74, 6) is 1.37. The van der Waals surface area contributed by atoms with Crippen LogP contribution in [0.4, 0.5) is 17.5 Å². The van der Waals surface area contributed by atoms with Crippen LogP contribution in [0.3, 0.4) is 0 Å². The largest absolute Gasteiger partial charge is 0.354 e. The fourth-order valence-electron chi connectivity index (χ4n) is 1.46. The zero-order chi connectivity index (χ0) is 12.8. The van der Waals surface area contributed by atoms with E-state index in [9.17, 15) is 0 Å². The number of hydrogen-bond acceptors (Lipinski definition) is 4. The molecule has 1 heterocycles. The summed E-state index contributed by atoms with van der Waals surface area (Å²) in [4.78, 5) is 8.51. The van der Waals surface area contributed by atoms with E-state index in [0.29, 0.717) is 11.0 Å². The van der Waals surface area contributed by atoms with E-state index in [1.165, 1.54) is 0 Å². The number of aromatic nitrogens is 2. The van der Waals surface area contributed by atoms with Gasteiger partial charge in [0.1, 0.15) is 5.82 Å². The summed E-state index contributed by atoms with van der Waals surface area (Å²) >= 11 is 5.93. The number of anilines is 3. The Hall–Kier alpha value is -1.81. The predicted octanol–water partition coefficient (Wildman–Crippen LogP) is 3.70. The summed E-state index contributed by atoms with van der Waals surface area (Å²) in [5, 5.41) is 7.02. The fourth-order valence-corrected chi connectivity index (χ4v) is 1.65. The predicted molar refractivity (Wildman–Crippen MR) is 75.5 cm³/mol. The molecule has 18 heavy (non-hydrogen) atoms. The second-order valence-electron chi connectivity index (χ2n) is 3.83. The SMILES string of the molecule is CCCNc1nccc(Nc2cccc(Cl)c2)n1. The maximum Gasteiger partial charge on any atom is 0.224 e. The lowest BCUT2D eigenvalue weighted by Crippen LogP contribution is -2.05. The standard InChI is InChI=1S/C13H15ClN4/c1-2-7-15-13-16-8-6-12(18-13)17-11-5-3-4-10(14)9-11/h3-6,8-9H,2,7H2,1H3,(H2,15,16,17,18). The van der Waals surface area contributed by atoms with Crippen molar-refractivity contribution in [2.45, 2.75) is 13.3 Å². The Balaban J connectivity index is 2.09. The van der Waals surface area contributed by atoms with Crippen LogP contribution < -0.4 is 10.6 Å². The molecule has 2 N–H and O–H groups in total. The van der Waals surface area contributed by atoms with Crippen molar-refractivity contribution in [1.82, 2.24) is 9.97 Å². The maximum atomic E-state index is 5.93. The first-order valence-electron chi connectivity index (χ1n) is 5.87. The van der Waals surface area contributed by atoms with E-state index >= 15 is 0 Å². The van der Waals surface area contributed by atoms with Crippen LogP contribution in [0.25, 0.3) is 0 Å². The third kappa shape index (κ3) is 3.60. The minimum absolute atomic E-state index is 0.629. The van der Waals surface area contributed by atoms with Gasteiger partial charge in [-0.15, -0.1) is 0 Å². The Labute approximate surface area is 111 Å². The number of benzene rings is 1. The molecule has 0 radical (unpaired) electrons. The summed E-state index contributed by atoms with van der Waals surface area (Å²) in [7, 11) is 0. The van der Waals surface area contributed by atoms with Gasteiger partial charge in [0.2, 0.25) is 5.95 Å². The molecule has 94 valence electrons. The van der Waals surface area contributed by atoms with Gasteiger partial charge in [0, 0.05) is 23.5 Å². The topological polar surface area (TPSA) is 49.8 Å². The summed E-state index contributed by atoms with van der Waals surface area (Å²) in [5.41, 5.74) is 0.905. The molecule has 0 bridgehead atoms. The van der Waals surface area contributed by atoms with Gasteiger partial charge < -0.3 is 10.6 Å². The lowest BCUT2D eigenvalue weighted by molar-refractivity contribution is 0.953. The van der Waals surface area contributed by atoms with E-state index in [4.69, 9.17) is 11.6 Å². The fraction of sp³-hybridized carbons (Fsp3) is 0.231. The van der Waals surface area contributed by atoms with Crippen molar-refractivity contribution in [1.29, 1.82) is 0 Å². The molecule has 0 aliphatic heterocycles. The molecule has 0 fully saturated rings. The molecule has 5 heteroatoms. The van der Waals surface area contributed by atoms with Crippen LogP contribution in [0.1, 0.15) is 13.3 Å². The third-order valence-corrected chi connectivity index (χ3v) is 2.52. The van der Waals surface area contributed by atoms with E-state index < -0.39 is 0 Å². The summed E-state index contributed by atoms with van der Waals surface area (Å²) in [6.45, 7) is 2.96. The Morgan fingerprint density at radius 2 is 2.17 bits per heavy atom. The normalized spacial score (nSPS) is 10.1. The van der Waals surface area contributed by atoms with Crippen LogP contribution in [0, 0.1) is 0 Å². The average Bonchev–Trinajstić information content (AvgIpc) is 2.37. The van der Waals surface area contributed by atoms with Gasteiger partial charge in [-0.25, -0.2) is 4.98 Å². The van der Waals surface area contributed by atoms with Gasteiger partial charge in [-0.1, -0.05) is 24.6 Å². The molecule has 0 saturated heterocycles. The van der Waals surface area contributed by atoms with Gasteiger partial charge in [0.25, 0.3) is 0 Å². The van der Waals surface area contributed by atoms with E-state index in [1.54, 1.807) is 6.20 Å². The molecular weight excluding hydrogens is 248 g/mol. The minimum atomic E-state index is 0.629. The number of halogens is 1. The first-order valence-corrected chi connectivity index (χ1v) is 6.25. The van der Waals surface area contributed by atoms with Crippen LogP contribution in [0.15, 0.2) is 36.5 Å². The van der Waals surface area contributed by atoms with Crippen molar-refractivity contribution in [3.05, 3.63) is 41.6 Å².